The molecule has 0 N–H and O–H groups in total. The highest BCUT2D eigenvalue weighted by molar-refractivity contribution is 9.11. The third-order valence-corrected chi connectivity index (χ3v) is 8.63. The van der Waals surface area contributed by atoms with Gasteiger partial charge in [-0.15, -0.1) is 11.3 Å². The molecule has 11 heteroatoms. The molecule has 1 aliphatic rings. The van der Waals surface area contributed by atoms with Crippen LogP contribution >= 0.6 is 27.3 Å². The lowest BCUT2D eigenvalue weighted by Gasteiger charge is -2.35. The van der Waals surface area contributed by atoms with Crippen LogP contribution in [0, 0.1) is 10.1 Å². The number of sulfonamides is 1. The molecule has 3 aromatic rings. The zero-order chi connectivity index (χ0) is 19.9. The highest BCUT2D eigenvalue weighted by Crippen LogP contribution is 2.33. The van der Waals surface area contributed by atoms with Crippen LogP contribution in [0.5, 0.6) is 0 Å². The maximum atomic E-state index is 12.8. The number of nitro benzene ring substituents is 1. The summed E-state index contributed by atoms with van der Waals surface area (Å²) in [6.45, 7) is 1.64. The van der Waals surface area contributed by atoms with Gasteiger partial charge >= 0.3 is 0 Å². The van der Waals surface area contributed by atoms with Crippen molar-refractivity contribution in [2.24, 2.45) is 0 Å². The Kier molecular flexibility index (Phi) is 5.08. The smallest absolute Gasteiger partial charge is 0.278 e. The van der Waals surface area contributed by atoms with E-state index in [1.165, 1.54) is 21.7 Å². The predicted molar refractivity (Wildman–Crippen MR) is 111 cm³/mol. The SMILES string of the molecule is O=[N+]([O-])c1ccc(N2CCN(S(=O)(=O)c3ccc(Br)s3)CC2)c2ncccc12. The van der Waals surface area contributed by atoms with Gasteiger partial charge in [0.1, 0.15) is 9.73 Å². The average molecular weight is 483 g/mol. The minimum Gasteiger partial charge on any atom is -0.367 e. The number of benzene rings is 1. The van der Waals surface area contributed by atoms with E-state index in [1.54, 1.807) is 36.5 Å². The molecule has 0 saturated carbocycles. The molecular weight excluding hydrogens is 468 g/mol. The number of hydrogen-bond donors (Lipinski definition) is 0. The van der Waals surface area contributed by atoms with Crippen molar-refractivity contribution in [1.29, 1.82) is 0 Å². The molecule has 0 spiro atoms. The number of fused-ring (bicyclic) bond motifs is 1. The van der Waals surface area contributed by atoms with Gasteiger partial charge < -0.3 is 4.90 Å². The Morgan fingerprint density at radius 3 is 2.50 bits per heavy atom. The standard InChI is InChI=1S/C17H15BrN4O4S2/c18-15-5-6-16(27-15)28(25,26)21-10-8-20(9-11-21)14-4-3-13(22(23)24)12-2-1-7-19-17(12)14/h1-7H,8-11H2. The molecular formula is C17H15BrN4O4S2. The first-order chi connectivity index (χ1) is 13.4. The molecule has 3 heterocycles. The molecule has 4 rings (SSSR count). The predicted octanol–water partition coefficient (Wildman–Crippen LogP) is 3.48. The second kappa shape index (κ2) is 7.39. The molecule has 0 unspecified atom stereocenters. The van der Waals surface area contributed by atoms with Crippen LogP contribution < -0.4 is 4.90 Å². The van der Waals surface area contributed by atoms with Crippen molar-refractivity contribution in [3.05, 3.63) is 56.5 Å². The van der Waals surface area contributed by atoms with Gasteiger partial charge in [0.25, 0.3) is 15.7 Å². The van der Waals surface area contributed by atoms with Crippen molar-refractivity contribution in [2.75, 3.05) is 31.1 Å². The third-order valence-electron chi connectivity index (χ3n) is 4.64. The Bertz CT molecular complexity index is 1160. The fourth-order valence-corrected chi connectivity index (χ4v) is 6.88. The maximum Gasteiger partial charge on any atom is 0.278 e. The monoisotopic (exact) mass is 482 g/mol. The number of piperazine rings is 1. The number of rotatable bonds is 4. The van der Waals surface area contributed by atoms with Crippen LogP contribution in [0.4, 0.5) is 11.4 Å². The summed E-state index contributed by atoms with van der Waals surface area (Å²) in [5, 5.41) is 11.8. The summed E-state index contributed by atoms with van der Waals surface area (Å²) in [4.78, 5) is 17.2. The lowest BCUT2D eigenvalue weighted by molar-refractivity contribution is -0.383. The summed E-state index contributed by atoms with van der Waals surface area (Å²) in [7, 11) is -3.52. The number of halogens is 1. The van der Waals surface area contributed by atoms with Gasteiger partial charge in [-0.2, -0.15) is 4.31 Å². The molecule has 8 nitrogen and oxygen atoms in total. The topological polar surface area (TPSA) is 96.6 Å². The van der Waals surface area contributed by atoms with Crippen LogP contribution in [0.15, 0.2) is 50.6 Å². The first-order valence-electron chi connectivity index (χ1n) is 8.40. The molecule has 1 aliphatic heterocycles. The van der Waals surface area contributed by atoms with E-state index in [0.29, 0.717) is 41.3 Å². The van der Waals surface area contributed by atoms with E-state index in [2.05, 4.69) is 20.9 Å². The number of hydrogen-bond acceptors (Lipinski definition) is 7. The van der Waals surface area contributed by atoms with Gasteiger partial charge in [0.15, 0.2) is 0 Å². The van der Waals surface area contributed by atoms with Crippen molar-refractivity contribution < 1.29 is 13.3 Å². The Balaban J connectivity index is 1.59. The second-order valence-electron chi connectivity index (χ2n) is 6.21. The second-order valence-corrected chi connectivity index (χ2v) is 10.8. The van der Waals surface area contributed by atoms with Crippen LogP contribution in [0.25, 0.3) is 10.9 Å². The number of aromatic nitrogens is 1. The van der Waals surface area contributed by atoms with Crippen molar-refractivity contribution in [3.8, 4) is 0 Å². The summed E-state index contributed by atoms with van der Waals surface area (Å²) in [6, 6.07) is 9.84. The summed E-state index contributed by atoms with van der Waals surface area (Å²) < 4.78 is 28.1. The highest BCUT2D eigenvalue weighted by Gasteiger charge is 2.30. The van der Waals surface area contributed by atoms with Crippen LogP contribution in [-0.4, -0.2) is 48.8 Å². The van der Waals surface area contributed by atoms with Crippen molar-refractivity contribution in [2.45, 2.75) is 4.21 Å². The number of anilines is 1. The van der Waals surface area contributed by atoms with Gasteiger partial charge in [0.05, 0.1) is 19.8 Å². The zero-order valence-electron chi connectivity index (χ0n) is 14.5. The van der Waals surface area contributed by atoms with E-state index in [4.69, 9.17) is 0 Å². The number of thiophene rings is 1. The van der Waals surface area contributed by atoms with E-state index >= 15 is 0 Å². The first-order valence-corrected chi connectivity index (χ1v) is 11.5. The lowest BCUT2D eigenvalue weighted by atomic mass is 10.1. The van der Waals surface area contributed by atoms with Crippen molar-refractivity contribution >= 4 is 59.6 Å². The van der Waals surface area contributed by atoms with E-state index < -0.39 is 14.9 Å². The Morgan fingerprint density at radius 2 is 1.86 bits per heavy atom. The number of pyridine rings is 1. The van der Waals surface area contributed by atoms with Gasteiger partial charge in [0.2, 0.25) is 0 Å². The molecule has 1 fully saturated rings. The molecule has 1 saturated heterocycles. The van der Waals surface area contributed by atoms with Gasteiger partial charge in [-0.25, -0.2) is 8.42 Å². The van der Waals surface area contributed by atoms with E-state index in [-0.39, 0.29) is 5.69 Å². The zero-order valence-corrected chi connectivity index (χ0v) is 17.7. The molecule has 0 amide bonds. The van der Waals surface area contributed by atoms with E-state index in [1.807, 2.05) is 4.90 Å². The lowest BCUT2D eigenvalue weighted by Crippen LogP contribution is -2.48. The van der Waals surface area contributed by atoms with E-state index in [9.17, 15) is 18.5 Å². The van der Waals surface area contributed by atoms with Gasteiger partial charge in [-0.1, -0.05) is 0 Å². The molecule has 0 radical (unpaired) electrons. The Hall–Kier alpha value is -2.08. The van der Waals surface area contributed by atoms with Gasteiger partial charge in [-0.3, -0.25) is 15.1 Å². The molecule has 2 aromatic heterocycles. The molecule has 28 heavy (non-hydrogen) atoms. The fourth-order valence-electron chi connectivity index (χ4n) is 3.29. The van der Waals surface area contributed by atoms with Crippen LogP contribution in [0.1, 0.15) is 0 Å². The van der Waals surface area contributed by atoms with Crippen molar-refractivity contribution in [3.63, 3.8) is 0 Å². The Labute approximate surface area is 173 Å². The van der Waals surface area contributed by atoms with Gasteiger partial charge in [0, 0.05) is 38.4 Å². The molecule has 146 valence electrons. The number of non-ortho nitro benzene ring substituents is 1. The summed E-state index contributed by atoms with van der Waals surface area (Å²) in [5.41, 5.74) is 1.34. The molecule has 0 bridgehead atoms. The van der Waals surface area contributed by atoms with Crippen LogP contribution in [0.3, 0.4) is 0 Å². The van der Waals surface area contributed by atoms with E-state index in [0.717, 1.165) is 9.47 Å². The third kappa shape index (κ3) is 3.39. The van der Waals surface area contributed by atoms with Gasteiger partial charge in [-0.05, 0) is 46.3 Å². The maximum absolute atomic E-state index is 12.8. The minimum atomic E-state index is -3.52. The Morgan fingerprint density at radius 1 is 1.11 bits per heavy atom. The van der Waals surface area contributed by atoms with Crippen molar-refractivity contribution in [1.82, 2.24) is 9.29 Å². The number of nitro groups is 1. The quantitative estimate of drug-likeness (QED) is 0.417. The first kappa shape index (κ1) is 19.2. The molecule has 1 aromatic carbocycles. The van der Waals surface area contributed by atoms with Crippen LogP contribution in [0.2, 0.25) is 0 Å². The summed E-state index contributed by atoms with van der Waals surface area (Å²) >= 11 is 4.49. The summed E-state index contributed by atoms with van der Waals surface area (Å²) in [5.74, 6) is 0. The average Bonchev–Trinajstić information content (AvgIpc) is 3.14. The molecule has 0 atom stereocenters. The molecule has 0 aliphatic carbocycles. The normalized spacial score (nSPS) is 15.8. The largest absolute Gasteiger partial charge is 0.367 e. The minimum absolute atomic E-state index is 0.0105. The summed E-state index contributed by atoms with van der Waals surface area (Å²) in [6.07, 6.45) is 1.60. The number of nitrogens with zero attached hydrogens (tertiary/aromatic N) is 4. The fraction of sp³-hybridized carbons (Fsp3) is 0.235. The van der Waals surface area contributed by atoms with Crippen LogP contribution in [-0.2, 0) is 10.0 Å². The highest BCUT2D eigenvalue weighted by atomic mass is 79.9.